The third kappa shape index (κ3) is 5.89. The Morgan fingerprint density at radius 1 is 1.09 bits per heavy atom. The molecule has 0 saturated heterocycles. The average Bonchev–Trinajstić information content (AvgIpc) is 3.32. The maximum absolute atomic E-state index is 13.8. The van der Waals surface area contributed by atoms with Crippen molar-refractivity contribution < 1.29 is 17.9 Å². The first kappa shape index (κ1) is 25.1. The summed E-state index contributed by atoms with van der Waals surface area (Å²) in [4.78, 5) is 6.21. The van der Waals surface area contributed by atoms with Crippen LogP contribution in [-0.2, 0) is 16.6 Å². The zero-order chi connectivity index (χ0) is 24.0. The molecule has 0 aliphatic carbocycles. The van der Waals surface area contributed by atoms with Gasteiger partial charge in [-0.15, -0.1) is 11.3 Å². The van der Waals surface area contributed by atoms with Crippen LogP contribution in [0.2, 0.25) is 5.02 Å². The Morgan fingerprint density at radius 3 is 2.48 bits per heavy atom. The SMILES string of the molecule is COc1ccc(S(=O)(=O)N(CCNCc2cscn2)c2cc(N(C)C)ccc2Cl)cc1OC. The number of ether oxygens (including phenoxy) is 2. The number of hydrogen-bond donors (Lipinski definition) is 1. The first-order valence-electron chi connectivity index (χ1n) is 10.1. The lowest BCUT2D eigenvalue weighted by Crippen LogP contribution is -2.37. The Hall–Kier alpha value is -2.53. The van der Waals surface area contributed by atoms with Crippen LogP contribution in [-0.4, -0.2) is 54.8 Å². The molecule has 0 aliphatic rings. The van der Waals surface area contributed by atoms with E-state index in [2.05, 4.69) is 10.3 Å². The quantitative estimate of drug-likeness (QED) is 0.392. The number of methoxy groups -OCH3 is 2. The van der Waals surface area contributed by atoms with Gasteiger partial charge in [0.25, 0.3) is 10.0 Å². The summed E-state index contributed by atoms with van der Waals surface area (Å²) >= 11 is 8.00. The van der Waals surface area contributed by atoms with Gasteiger partial charge in [0.15, 0.2) is 11.5 Å². The molecule has 33 heavy (non-hydrogen) atoms. The predicted molar refractivity (Wildman–Crippen MR) is 134 cm³/mol. The van der Waals surface area contributed by atoms with Crippen LogP contribution in [0.15, 0.2) is 52.2 Å². The summed E-state index contributed by atoms with van der Waals surface area (Å²) in [6.07, 6.45) is 0. The Bertz CT molecular complexity index is 1170. The summed E-state index contributed by atoms with van der Waals surface area (Å²) < 4.78 is 39.4. The minimum Gasteiger partial charge on any atom is -0.493 e. The fourth-order valence-electron chi connectivity index (χ4n) is 3.17. The third-order valence-corrected chi connectivity index (χ3v) is 7.70. The van der Waals surface area contributed by atoms with Crippen molar-refractivity contribution in [2.45, 2.75) is 11.4 Å². The standard InChI is InChI=1S/C22H27ClN4O4S2/c1-26(2)17-5-7-19(23)20(11-17)27(10-9-24-13-16-14-32-15-25-16)33(28,29)18-6-8-21(30-3)22(12-18)31-4/h5-8,11-12,14-15,24H,9-10,13H2,1-4H3. The second kappa shape index (κ2) is 11.1. The molecule has 0 unspecified atom stereocenters. The minimum absolute atomic E-state index is 0.0750. The summed E-state index contributed by atoms with van der Waals surface area (Å²) in [5, 5.41) is 5.53. The molecule has 1 aromatic heterocycles. The molecule has 3 rings (SSSR count). The number of rotatable bonds is 11. The Morgan fingerprint density at radius 2 is 1.85 bits per heavy atom. The largest absolute Gasteiger partial charge is 0.493 e. The topological polar surface area (TPSA) is 84.0 Å². The third-order valence-electron chi connectivity index (χ3n) is 4.94. The van der Waals surface area contributed by atoms with E-state index in [0.29, 0.717) is 35.3 Å². The summed E-state index contributed by atoms with van der Waals surface area (Å²) in [5.41, 5.74) is 3.89. The van der Waals surface area contributed by atoms with Gasteiger partial charge in [0.1, 0.15) is 0 Å². The lowest BCUT2D eigenvalue weighted by Gasteiger charge is -2.27. The van der Waals surface area contributed by atoms with Crippen molar-refractivity contribution >= 4 is 44.3 Å². The number of anilines is 2. The number of thiazole rings is 1. The highest BCUT2D eigenvalue weighted by Crippen LogP contribution is 2.36. The van der Waals surface area contributed by atoms with Crippen molar-refractivity contribution in [2.24, 2.45) is 0 Å². The molecule has 2 aromatic carbocycles. The van der Waals surface area contributed by atoms with E-state index < -0.39 is 10.0 Å². The van der Waals surface area contributed by atoms with Crippen molar-refractivity contribution in [3.63, 3.8) is 0 Å². The first-order chi connectivity index (χ1) is 15.8. The molecule has 178 valence electrons. The maximum Gasteiger partial charge on any atom is 0.264 e. The molecule has 0 fully saturated rings. The van der Waals surface area contributed by atoms with Gasteiger partial charge in [0, 0.05) is 50.9 Å². The molecule has 0 radical (unpaired) electrons. The highest BCUT2D eigenvalue weighted by atomic mass is 35.5. The van der Waals surface area contributed by atoms with Crippen molar-refractivity contribution in [3.8, 4) is 11.5 Å². The minimum atomic E-state index is -3.97. The second-order valence-corrected chi connectivity index (χ2v) is 10.3. The van der Waals surface area contributed by atoms with Crippen LogP contribution in [0.4, 0.5) is 11.4 Å². The zero-order valence-corrected chi connectivity index (χ0v) is 21.3. The lowest BCUT2D eigenvalue weighted by atomic mass is 10.2. The Labute approximate surface area is 203 Å². The molecular formula is C22H27ClN4O4S2. The zero-order valence-electron chi connectivity index (χ0n) is 18.9. The number of nitrogens with zero attached hydrogens (tertiary/aromatic N) is 3. The highest BCUT2D eigenvalue weighted by molar-refractivity contribution is 7.92. The van der Waals surface area contributed by atoms with Crippen molar-refractivity contribution in [1.82, 2.24) is 10.3 Å². The van der Waals surface area contributed by atoms with Gasteiger partial charge in [0.2, 0.25) is 0 Å². The summed E-state index contributed by atoms with van der Waals surface area (Å²) in [6.45, 7) is 1.10. The number of aromatic nitrogens is 1. The number of nitrogens with one attached hydrogen (secondary N) is 1. The Kier molecular flexibility index (Phi) is 8.41. The van der Waals surface area contributed by atoms with E-state index in [1.807, 2.05) is 30.4 Å². The van der Waals surface area contributed by atoms with Crippen molar-refractivity contribution in [3.05, 3.63) is 58.0 Å². The molecule has 1 N–H and O–H groups in total. The number of sulfonamides is 1. The molecule has 0 bridgehead atoms. The van der Waals surface area contributed by atoms with E-state index in [1.165, 1.54) is 42.0 Å². The highest BCUT2D eigenvalue weighted by Gasteiger charge is 2.28. The molecular weight excluding hydrogens is 484 g/mol. The van der Waals surface area contributed by atoms with Gasteiger partial charge < -0.3 is 19.7 Å². The smallest absolute Gasteiger partial charge is 0.264 e. The van der Waals surface area contributed by atoms with Gasteiger partial charge in [-0.2, -0.15) is 0 Å². The van der Waals surface area contributed by atoms with E-state index in [0.717, 1.165) is 11.4 Å². The molecule has 1 heterocycles. The van der Waals surface area contributed by atoms with Crippen molar-refractivity contribution in [2.75, 3.05) is 50.6 Å². The number of halogens is 1. The van der Waals surface area contributed by atoms with Crippen molar-refractivity contribution in [1.29, 1.82) is 0 Å². The van der Waals surface area contributed by atoms with Crippen LogP contribution in [0, 0.1) is 0 Å². The summed E-state index contributed by atoms with van der Waals surface area (Å²) in [5.74, 6) is 0.772. The van der Waals surface area contributed by atoms with Gasteiger partial charge in [0.05, 0.1) is 41.0 Å². The van der Waals surface area contributed by atoms with E-state index in [9.17, 15) is 8.42 Å². The number of benzene rings is 2. The van der Waals surface area contributed by atoms with Crippen LogP contribution in [0.1, 0.15) is 5.69 Å². The second-order valence-electron chi connectivity index (χ2n) is 7.28. The molecule has 8 nitrogen and oxygen atoms in total. The van der Waals surface area contributed by atoms with Crippen LogP contribution >= 0.6 is 22.9 Å². The van der Waals surface area contributed by atoms with E-state index in [-0.39, 0.29) is 11.4 Å². The number of hydrogen-bond acceptors (Lipinski definition) is 8. The maximum atomic E-state index is 13.8. The van der Waals surface area contributed by atoms with Gasteiger partial charge in [-0.25, -0.2) is 13.4 Å². The fourth-order valence-corrected chi connectivity index (χ4v) is 5.49. The van der Waals surface area contributed by atoms with Crippen LogP contribution < -0.4 is 24.0 Å². The van der Waals surface area contributed by atoms with Gasteiger partial charge >= 0.3 is 0 Å². The summed E-state index contributed by atoms with van der Waals surface area (Å²) in [7, 11) is 2.76. The van der Waals surface area contributed by atoms with Crippen LogP contribution in [0.5, 0.6) is 11.5 Å². The molecule has 3 aromatic rings. The van der Waals surface area contributed by atoms with Crippen LogP contribution in [0.25, 0.3) is 0 Å². The molecule has 0 saturated carbocycles. The van der Waals surface area contributed by atoms with E-state index >= 15 is 0 Å². The molecule has 0 amide bonds. The molecule has 11 heteroatoms. The van der Waals surface area contributed by atoms with Crippen LogP contribution in [0.3, 0.4) is 0 Å². The van der Waals surface area contributed by atoms with Gasteiger partial charge in [-0.05, 0) is 30.3 Å². The average molecular weight is 511 g/mol. The van der Waals surface area contributed by atoms with E-state index in [4.69, 9.17) is 21.1 Å². The normalized spacial score (nSPS) is 11.3. The molecule has 0 spiro atoms. The molecule has 0 aliphatic heterocycles. The molecule has 0 atom stereocenters. The Balaban J connectivity index is 1.97. The van der Waals surface area contributed by atoms with Gasteiger partial charge in [-0.1, -0.05) is 11.6 Å². The monoisotopic (exact) mass is 510 g/mol. The predicted octanol–water partition coefficient (Wildman–Crippen LogP) is 3.86. The summed E-state index contributed by atoms with van der Waals surface area (Å²) in [6, 6.07) is 9.83. The van der Waals surface area contributed by atoms with E-state index in [1.54, 1.807) is 23.7 Å². The first-order valence-corrected chi connectivity index (χ1v) is 12.8. The van der Waals surface area contributed by atoms with Gasteiger partial charge in [-0.3, -0.25) is 4.31 Å². The lowest BCUT2D eigenvalue weighted by molar-refractivity contribution is 0.354. The fraction of sp³-hybridized carbons (Fsp3) is 0.318.